The molecule has 7 heteroatoms. The van der Waals surface area contributed by atoms with Crippen molar-refractivity contribution in [3.8, 4) is 0 Å². The van der Waals surface area contributed by atoms with Gasteiger partial charge < -0.3 is 10.2 Å². The van der Waals surface area contributed by atoms with Crippen molar-refractivity contribution in [2.45, 2.75) is 30.6 Å². The number of sulfonamides is 1. The van der Waals surface area contributed by atoms with Crippen LogP contribution in [0.2, 0.25) is 0 Å². The summed E-state index contributed by atoms with van der Waals surface area (Å²) in [6.07, 6.45) is 2.70. The maximum atomic E-state index is 13.2. The summed E-state index contributed by atoms with van der Waals surface area (Å²) >= 11 is 0. The molecule has 2 aliphatic rings. The van der Waals surface area contributed by atoms with Crippen LogP contribution in [0.5, 0.6) is 0 Å². The first kappa shape index (κ1) is 19.0. The van der Waals surface area contributed by atoms with E-state index in [1.807, 2.05) is 18.2 Å². The fourth-order valence-electron chi connectivity index (χ4n) is 3.89. The summed E-state index contributed by atoms with van der Waals surface area (Å²) in [5.74, 6) is -0.0112. The zero-order chi connectivity index (χ0) is 19.6. The molecule has 1 saturated heterocycles. The van der Waals surface area contributed by atoms with E-state index in [1.54, 1.807) is 22.5 Å². The molecule has 0 unspecified atom stereocenters. The molecular weight excluding hydrogens is 374 g/mol. The number of nitrogens with one attached hydrogen (secondary N) is 1. The van der Waals surface area contributed by atoms with Gasteiger partial charge in [0.05, 0.1) is 4.90 Å². The molecule has 0 bridgehead atoms. The van der Waals surface area contributed by atoms with Gasteiger partial charge in [0.25, 0.3) is 0 Å². The van der Waals surface area contributed by atoms with Crippen LogP contribution >= 0.6 is 0 Å². The number of benzene rings is 2. The molecule has 0 spiro atoms. The number of nitrogens with zero attached hydrogens (tertiary/aromatic N) is 2. The van der Waals surface area contributed by atoms with E-state index in [1.165, 1.54) is 0 Å². The maximum Gasteiger partial charge on any atom is 0.243 e. The molecule has 0 atom stereocenters. The number of para-hydroxylation sites is 1. The smallest absolute Gasteiger partial charge is 0.243 e. The Morgan fingerprint density at radius 3 is 2.50 bits per heavy atom. The summed E-state index contributed by atoms with van der Waals surface area (Å²) in [5.41, 5.74) is 2.75. The zero-order valence-electron chi connectivity index (χ0n) is 15.8. The minimum atomic E-state index is -3.56. The number of hydrogen-bond donors (Lipinski definition) is 1. The predicted octanol–water partition coefficient (Wildman–Crippen LogP) is 2.86. The van der Waals surface area contributed by atoms with Crippen molar-refractivity contribution >= 4 is 27.3 Å². The third-order valence-corrected chi connectivity index (χ3v) is 7.31. The van der Waals surface area contributed by atoms with E-state index >= 15 is 0 Å². The van der Waals surface area contributed by atoms with Gasteiger partial charge >= 0.3 is 0 Å². The molecule has 1 fully saturated rings. The summed E-state index contributed by atoms with van der Waals surface area (Å²) in [4.78, 5) is 14.3. The SMILES string of the molecule is O=C1CCCc2cc(S(=O)(=O)N3CCCN(c4ccccc4)CC3)ccc2N1. The van der Waals surface area contributed by atoms with Crippen LogP contribution in [-0.2, 0) is 21.2 Å². The molecule has 0 radical (unpaired) electrons. The molecule has 0 aliphatic carbocycles. The van der Waals surface area contributed by atoms with Gasteiger partial charge in [0.15, 0.2) is 0 Å². The maximum absolute atomic E-state index is 13.2. The highest BCUT2D eigenvalue weighted by Gasteiger charge is 2.28. The number of anilines is 2. The van der Waals surface area contributed by atoms with Crippen LogP contribution in [0.3, 0.4) is 0 Å². The lowest BCUT2D eigenvalue weighted by molar-refractivity contribution is -0.116. The van der Waals surface area contributed by atoms with Gasteiger partial charge in [-0.25, -0.2) is 8.42 Å². The molecule has 1 amide bonds. The third-order valence-electron chi connectivity index (χ3n) is 5.41. The van der Waals surface area contributed by atoms with Crippen molar-refractivity contribution in [3.63, 3.8) is 0 Å². The van der Waals surface area contributed by atoms with Gasteiger partial charge in [-0.3, -0.25) is 4.79 Å². The Hall–Kier alpha value is -2.38. The van der Waals surface area contributed by atoms with Crippen LogP contribution in [0.4, 0.5) is 11.4 Å². The molecule has 0 aromatic heterocycles. The lowest BCUT2D eigenvalue weighted by Crippen LogP contribution is -2.35. The number of fused-ring (bicyclic) bond motifs is 1. The van der Waals surface area contributed by atoms with E-state index in [0.717, 1.165) is 36.3 Å². The minimum Gasteiger partial charge on any atom is -0.370 e. The molecule has 2 heterocycles. The zero-order valence-corrected chi connectivity index (χ0v) is 16.6. The Kier molecular flexibility index (Phi) is 5.37. The first-order valence-corrected chi connectivity index (χ1v) is 11.2. The number of hydrogen-bond acceptors (Lipinski definition) is 4. The Balaban J connectivity index is 1.54. The highest BCUT2D eigenvalue weighted by atomic mass is 32.2. The van der Waals surface area contributed by atoms with Gasteiger partial charge in [-0.15, -0.1) is 0 Å². The minimum absolute atomic E-state index is 0.0112. The molecule has 148 valence electrons. The molecule has 1 N–H and O–H groups in total. The lowest BCUT2D eigenvalue weighted by Gasteiger charge is -2.23. The van der Waals surface area contributed by atoms with Crippen LogP contribution < -0.4 is 10.2 Å². The van der Waals surface area contributed by atoms with E-state index < -0.39 is 10.0 Å². The highest BCUT2D eigenvalue weighted by molar-refractivity contribution is 7.89. The van der Waals surface area contributed by atoms with Crippen molar-refractivity contribution in [3.05, 3.63) is 54.1 Å². The van der Waals surface area contributed by atoms with Crippen LogP contribution in [-0.4, -0.2) is 44.8 Å². The topological polar surface area (TPSA) is 69.7 Å². The number of carbonyl (C=O) groups is 1. The molecule has 2 aliphatic heterocycles. The third kappa shape index (κ3) is 3.91. The van der Waals surface area contributed by atoms with Gasteiger partial charge in [0, 0.05) is 44.0 Å². The van der Waals surface area contributed by atoms with Crippen molar-refractivity contribution < 1.29 is 13.2 Å². The largest absolute Gasteiger partial charge is 0.370 e. The van der Waals surface area contributed by atoms with Crippen LogP contribution in [0.25, 0.3) is 0 Å². The predicted molar refractivity (Wildman–Crippen MR) is 110 cm³/mol. The molecule has 28 heavy (non-hydrogen) atoms. The summed E-state index contributed by atoms with van der Waals surface area (Å²) in [6.45, 7) is 2.49. The van der Waals surface area contributed by atoms with Gasteiger partial charge in [0.2, 0.25) is 15.9 Å². The van der Waals surface area contributed by atoms with E-state index in [-0.39, 0.29) is 5.91 Å². The number of amides is 1. The summed E-state index contributed by atoms with van der Waals surface area (Å²) in [7, 11) is -3.56. The van der Waals surface area contributed by atoms with Crippen molar-refractivity contribution in [1.29, 1.82) is 0 Å². The summed E-state index contributed by atoms with van der Waals surface area (Å²) in [5, 5.41) is 2.86. The standard InChI is InChI=1S/C21H25N3O3S/c25-21-9-4-6-17-16-19(10-11-20(17)22-21)28(26,27)24-13-5-12-23(14-15-24)18-7-2-1-3-8-18/h1-3,7-8,10-11,16H,4-6,9,12-15H2,(H,22,25). The van der Waals surface area contributed by atoms with Gasteiger partial charge in [-0.05, 0) is 55.2 Å². The van der Waals surface area contributed by atoms with E-state index in [2.05, 4.69) is 22.3 Å². The normalized spacial score (nSPS) is 18.7. The van der Waals surface area contributed by atoms with Crippen LogP contribution in [0.15, 0.2) is 53.4 Å². The van der Waals surface area contributed by atoms with E-state index in [9.17, 15) is 13.2 Å². The molecule has 2 aromatic rings. The molecular formula is C21H25N3O3S. The first-order chi connectivity index (χ1) is 13.5. The fraction of sp³-hybridized carbons (Fsp3) is 0.381. The second kappa shape index (κ2) is 7.93. The Morgan fingerprint density at radius 2 is 1.68 bits per heavy atom. The van der Waals surface area contributed by atoms with E-state index in [4.69, 9.17) is 0 Å². The first-order valence-electron chi connectivity index (χ1n) is 9.77. The van der Waals surface area contributed by atoms with Crippen molar-refractivity contribution in [2.75, 3.05) is 36.4 Å². The second-order valence-corrected chi connectivity index (χ2v) is 9.24. The van der Waals surface area contributed by atoms with Gasteiger partial charge in [-0.2, -0.15) is 4.31 Å². The van der Waals surface area contributed by atoms with E-state index in [0.29, 0.717) is 37.4 Å². The summed E-state index contributed by atoms with van der Waals surface area (Å²) in [6, 6.07) is 15.2. The Labute approximate surface area is 166 Å². The molecule has 4 rings (SSSR count). The van der Waals surface area contributed by atoms with Crippen molar-refractivity contribution in [1.82, 2.24) is 4.31 Å². The number of carbonyl (C=O) groups excluding carboxylic acids is 1. The number of rotatable bonds is 3. The Morgan fingerprint density at radius 1 is 0.857 bits per heavy atom. The summed E-state index contributed by atoms with van der Waals surface area (Å²) < 4.78 is 28.1. The molecule has 6 nitrogen and oxygen atoms in total. The van der Waals surface area contributed by atoms with Crippen molar-refractivity contribution in [2.24, 2.45) is 0 Å². The van der Waals surface area contributed by atoms with Crippen LogP contribution in [0, 0.1) is 0 Å². The highest BCUT2D eigenvalue weighted by Crippen LogP contribution is 2.27. The van der Waals surface area contributed by atoms with Crippen LogP contribution in [0.1, 0.15) is 24.8 Å². The monoisotopic (exact) mass is 399 g/mol. The van der Waals surface area contributed by atoms with Gasteiger partial charge in [-0.1, -0.05) is 18.2 Å². The Bertz CT molecular complexity index is 960. The number of aryl methyl sites for hydroxylation is 1. The lowest BCUT2D eigenvalue weighted by atomic mass is 10.1. The quantitative estimate of drug-likeness (QED) is 0.862. The molecule has 0 saturated carbocycles. The fourth-order valence-corrected chi connectivity index (χ4v) is 5.41. The second-order valence-electron chi connectivity index (χ2n) is 7.30. The molecule has 2 aromatic carbocycles. The van der Waals surface area contributed by atoms with Gasteiger partial charge in [0.1, 0.15) is 0 Å². The average molecular weight is 400 g/mol. The average Bonchev–Trinajstić information content (AvgIpc) is 3.06.